The minimum atomic E-state index is -0.352. The van der Waals surface area contributed by atoms with Gasteiger partial charge in [-0.1, -0.05) is 6.07 Å². The molecule has 0 saturated carbocycles. The number of nitrogens with zero attached hydrogens (tertiary/aromatic N) is 3. The van der Waals surface area contributed by atoms with Gasteiger partial charge in [-0.2, -0.15) is 4.99 Å². The zero-order valence-electron chi connectivity index (χ0n) is 18.0. The number of thiazole rings is 1. The number of hydrogen-bond donors (Lipinski definition) is 1. The number of amides is 2. The van der Waals surface area contributed by atoms with E-state index in [1.807, 2.05) is 35.9 Å². The van der Waals surface area contributed by atoms with Gasteiger partial charge in [-0.3, -0.25) is 9.59 Å². The van der Waals surface area contributed by atoms with Crippen LogP contribution in [0.15, 0.2) is 51.2 Å². The summed E-state index contributed by atoms with van der Waals surface area (Å²) in [5.74, 6) is 0.860. The quantitative estimate of drug-likeness (QED) is 0.579. The molecule has 0 fully saturated rings. The van der Waals surface area contributed by atoms with Crippen molar-refractivity contribution in [1.29, 1.82) is 0 Å². The highest BCUT2D eigenvalue weighted by Crippen LogP contribution is 2.14. The van der Waals surface area contributed by atoms with Crippen LogP contribution in [0.25, 0.3) is 0 Å². The van der Waals surface area contributed by atoms with Gasteiger partial charge >= 0.3 is 0 Å². The molecule has 0 unspecified atom stereocenters. The molecule has 2 heterocycles. The van der Waals surface area contributed by atoms with Crippen molar-refractivity contribution in [2.45, 2.75) is 13.5 Å². The number of hydrogen-bond acceptors (Lipinski definition) is 6. The van der Waals surface area contributed by atoms with Crippen molar-refractivity contribution in [3.8, 4) is 5.75 Å². The van der Waals surface area contributed by atoms with Crippen LogP contribution in [0.1, 0.15) is 32.4 Å². The fraction of sp³-hybridized carbons (Fsp3) is 0.318. The summed E-state index contributed by atoms with van der Waals surface area (Å²) in [6.45, 7) is 3.58. The lowest BCUT2D eigenvalue weighted by molar-refractivity contribution is 0.0921. The molecule has 0 aliphatic carbocycles. The van der Waals surface area contributed by atoms with Gasteiger partial charge in [-0.05, 0) is 51.4 Å². The van der Waals surface area contributed by atoms with Crippen LogP contribution in [-0.2, 0) is 6.54 Å². The third-order valence-electron chi connectivity index (χ3n) is 4.55. The Hall–Kier alpha value is -3.17. The Morgan fingerprint density at radius 3 is 2.81 bits per heavy atom. The third-order valence-corrected chi connectivity index (χ3v) is 5.53. The molecular weight excluding hydrogens is 416 g/mol. The average molecular weight is 443 g/mol. The van der Waals surface area contributed by atoms with Gasteiger partial charge in [0.2, 0.25) is 0 Å². The van der Waals surface area contributed by atoms with Gasteiger partial charge in [-0.15, -0.1) is 11.3 Å². The largest absolute Gasteiger partial charge is 0.497 e. The van der Waals surface area contributed by atoms with Crippen LogP contribution >= 0.6 is 11.3 Å². The lowest BCUT2D eigenvalue weighted by atomic mass is 10.2. The van der Waals surface area contributed by atoms with Crippen molar-refractivity contribution in [2.75, 3.05) is 34.3 Å². The Balaban J connectivity index is 1.76. The van der Waals surface area contributed by atoms with Crippen molar-refractivity contribution in [1.82, 2.24) is 14.8 Å². The number of rotatable bonds is 8. The lowest BCUT2D eigenvalue weighted by Gasteiger charge is -2.09. The second-order valence-corrected chi connectivity index (χ2v) is 8.06. The number of benzene rings is 1. The van der Waals surface area contributed by atoms with E-state index in [4.69, 9.17) is 9.15 Å². The van der Waals surface area contributed by atoms with E-state index >= 15 is 0 Å². The van der Waals surface area contributed by atoms with E-state index in [-0.39, 0.29) is 17.6 Å². The normalized spacial score (nSPS) is 11.7. The molecule has 0 saturated heterocycles. The highest BCUT2D eigenvalue weighted by atomic mass is 32.1. The molecule has 2 amide bonds. The van der Waals surface area contributed by atoms with Crippen LogP contribution in [0.2, 0.25) is 0 Å². The summed E-state index contributed by atoms with van der Waals surface area (Å²) in [6, 6.07) is 10.3. The topological polar surface area (TPSA) is 89.1 Å². The molecule has 0 aliphatic rings. The summed E-state index contributed by atoms with van der Waals surface area (Å²) >= 11 is 1.37. The molecule has 3 aromatic rings. The van der Waals surface area contributed by atoms with Gasteiger partial charge in [0.1, 0.15) is 11.5 Å². The number of nitrogens with one attached hydrogen (secondary N) is 1. The summed E-state index contributed by atoms with van der Waals surface area (Å²) in [5.41, 5.74) is 1.39. The highest BCUT2D eigenvalue weighted by molar-refractivity contribution is 7.07. The van der Waals surface area contributed by atoms with Gasteiger partial charge in [0.25, 0.3) is 11.8 Å². The molecule has 0 spiro atoms. The molecule has 0 bridgehead atoms. The molecule has 1 N–H and O–H groups in total. The van der Waals surface area contributed by atoms with Gasteiger partial charge in [0.05, 0.1) is 13.7 Å². The predicted molar refractivity (Wildman–Crippen MR) is 119 cm³/mol. The summed E-state index contributed by atoms with van der Waals surface area (Å²) in [4.78, 5) is 31.7. The first-order valence-electron chi connectivity index (χ1n) is 9.77. The number of aromatic nitrogens is 1. The Bertz CT molecular complexity index is 1130. The summed E-state index contributed by atoms with van der Waals surface area (Å²) in [7, 11) is 5.44. The molecule has 164 valence electrons. The van der Waals surface area contributed by atoms with E-state index in [9.17, 15) is 9.59 Å². The highest BCUT2D eigenvalue weighted by Gasteiger charge is 2.13. The van der Waals surface area contributed by atoms with Crippen LogP contribution in [0, 0.1) is 6.92 Å². The van der Waals surface area contributed by atoms with Crippen LogP contribution in [0.4, 0.5) is 0 Å². The Kier molecular flexibility index (Phi) is 7.43. The first kappa shape index (κ1) is 22.5. The molecule has 2 aromatic heterocycles. The SMILES string of the molecule is COc1cccc(C(=O)N=c2scc(C)n2Cc2ccc(C(=O)NCCN(C)C)o2)c1. The second-order valence-electron chi connectivity index (χ2n) is 7.22. The maximum atomic E-state index is 12.6. The van der Waals surface area contributed by atoms with Gasteiger partial charge < -0.3 is 23.9 Å². The molecular formula is C22H26N4O4S. The van der Waals surface area contributed by atoms with Crippen molar-refractivity contribution in [3.05, 3.63) is 69.4 Å². The Labute approximate surface area is 184 Å². The van der Waals surface area contributed by atoms with Crippen molar-refractivity contribution in [3.63, 3.8) is 0 Å². The standard InChI is InChI=1S/C22H26N4O4S/c1-15-14-31-22(24-20(27)16-6-5-7-17(12-16)29-4)26(15)13-18-8-9-19(30-18)21(28)23-10-11-25(2)3/h5-9,12,14H,10-11,13H2,1-4H3,(H,23,28). The minimum Gasteiger partial charge on any atom is -0.497 e. The Morgan fingerprint density at radius 1 is 1.26 bits per heavy atom. The first-order valence-corrected chi connectivity index (χ1v) is 10.6. The van der Waals surface area contributed by atoms with E-state index in [0.29, 0.717) is 35.0 Å². The summed E-state index contributed by atoms with van der Waals surface area (Å²) in [6.07, 6.45) is 0. The summed E-state index contributed by atoms with van der Waals surface area (Å²) < 4.78 is 12.8. The van der Waals surface area contributed by atoms with Crippen LogP contribution in [0.3, 0.4) is 0 Å². The number of carbonyl (C=O) groups excluding carboxylic acids is 2. The minimum absolute atomic E-state index is 0.252. The van der Waals surface area contributed by atoms with Crippen molar-refractivity contribution < 1.29 is 18.7 Å². The number of aryl methyl sites for hydroxylation is 1. The molecule has 8 nitrogen and oxygen atoms in total. The maximum Gasteiger partial charge on any atom is 0.287 e. The van der Waals surface area contributed by atoms with E-state index in [1.54, 1.807) is 43.5 Å². The number of furan rings is 1. The molecule has 0 atom stereocenters. The zero-order chi connectivity index (χ0) is 22.4. The van der Waals surface area contributed by atoms with E-state index in [1.165, 1.54) is 11.3 Å². The number of likely N-dealkylation sites (N-methyl/N-ethyl adjacent to an activating group) is 1. The Morgan fingerprint density at radius 2 is 2.06 bits per heavy atom. The molecule has 31 heavy (non-hydrogen) atoms. The summed E-state index contributed by atoms with van der Waals surface area (Å²) in [5, 5.41) is 4.75. The molecule has 9 heteroatoms. The van der Waals surface area contributed by atoms with Gasteiger partial charge in [0, 0.05) is 29.7 Å². The van der Waals surface area contributed by atoms with E-state index in [2.05, 4.69) is 10.3 Å². The first-order chi connectivity index (χ1) is 14.9. The number of carbonyl (C=O) groups is 2. The molecule has 0 radical (unpaired) electrons. The molecule has 1 aromatic carbocycles. The van der Waals surface area contributed by atoms with Crippen LogP contribution in [0.5, 0.6) is 5.75 Å². The fourth-order valence-electron chi connectivity index (χ4n) is 2.82. The predicted octanol–water partition coefficient (Wildman–Crippen LogP) is 2.54. The van der Waals surface area contributed by atoms with Crippen LogP contribution < -0.4 is 14.9 Å². The zero-order valence-corrected chi connectivity index (χ0v) is 18.9. The molecule has 0 aliphatic heterocycles. The smallest absolute Gasteiger partial charge is 0.287 e. The maximum absolute atomic E-state index is 12.6. The van der Waals surface area contributed by atoms with E-state index in [0.717, 1.165) is 12.2 Å². The molecule has 3 rings (SSSR count). The monoisotopic (exact) mass is 442 g/mol. The number of ether oxygens (including phenoxy) is 1. The van der Waals surface area contributed by atoms with Gasteiger partial charge in [0.15, 0.2) is 10.6 Å². The van der Waals surface area contributed by atoms with Crippen molar-refractivity contribution in [2.24, 2.45) is 4.99 Å². The lowest BCUT2D eigenvalue weighted by Crippen LogP contribution is -2.31. The van der Waals surface area contributed by atoms with Crippen LogP contribution in [-0.4, -0.2) is 55.6 Å². The van der Waals surface area contributed by atoms with Crippen molar-refractivity contribution >= 4 is 23.2 Å². The van der Waals surface area contributed by atoms with E-state index < -0.39 is 0 Å². The van der Waals surface area contributed by atoms with Gasteiger partial charge in [-0.25, -0.2) is 0 Å². The fourth-order valence-corrected chi connectivity index (χ4v) is 3.70. The second kappa shape index (κ2) is 10.2. The number of methoxy groups -OCH3 is 1. The average Bonchev–Trinajstić information content (AvgIpc) is 3.36. The third kappa shape index (κ3) is 5.93.